The molecule has 25 heavy (non-hydrogen) atoms. The van der Waals surface area contributed by atoms with Crippen molar-refractivity contribution in [3.63, 3.8) is 0 Å². The summed E-state index contributed by atoms with van der Waals surface area (Å²) in [5, 5.41) is 6.77. The number of nitrogens with one attached hydrogen (secondary N) is 1. The standard InChI is InChI=1S/C18H21FN4O2/c1-10(20-17(24)23-8-13-14(9-23)18(13,2)3)16-21-15(22-25-16)11-5-4-6-12(19)7-11/h4-7,10,13-14H,8-9H2,1-3H3,(H,20,24)/t10-,13-,14+/m1/s1. The van der Waals surface area contributed by atoms with Crippen molar-refractivity contribution in [2.24, 2.45) is 17.3 Å². The summed E-state index contributed by atoms with van der Waals surface area (Å²) in [6.07, 6.45) is 0. The van der Waals surface area contributed by atoms with Gasteiger partial charge in [-0.2, -0.15) is 4.98 Å². The largest absolute Gasteiger partial charge is 0.337 e. The van der Waals surface area contributed by atoms with E-state index in [1.54, 1.807) is 19.1 Å². The Morgan fingerprint density at radius 3 is 2.80 bits per heavy atom. The molecule has 2 amide bonds. The highest BCUT2D eigenvalue weighted by Gasteiger charge is 2.62. The number of halogens is 1. The lowest BCUT2D eigenvalue weighted by molar-refractivity contribution is 0.190. The van der Waals surface area contributed by atoms with Crippen LogP contribution >= 0.6 is 0 Å². The number of aromatic nitrogens is 2. The van der Waals surface area contributed by atoms with Crippen LogP contribution in [0.4, 0.5) is 9.18 Å². The summed E-state index contributed by atoms with van der Waals surface area (Å²) in [4.78, 5) is 18.5. The van der Waals surface area contributed by atoms with Crippen LogP contribution in [0.5, 0.6) is 0 Å². The van der Waals surface area contributed by atoms with Crippen molar-refractivity contribution in [2.45, 2.75) is 26.8 Å². The first-order valence-corrected chi connectivity index (χ1v) is 8.51. The van der Waals surface area contributed by atoms with Gasteiger partial charge in [-0.15, -0.1) is 0 Å². The van der Waals surface area contributed by atoms with Crippen molar-refractivity contribution >= 4 is 6.03 Å². The number of urea groups is 1. The molecule has 1 aromatic carbocycles. The lowest BCUT2D eigenvalue weighted by Crippen LogP contribution is -2.41. The van der Waals surface area contributed by atoms with Gasteiger partial charge in [0.15, 0.2) is 0 Å². The minimum absolute atomic E-state index is 0.110. The molecular weight excluding hydrogens is 323 g/mol. The van der Waals surface area contributed by atoms with E-state index in [1.807, 2.05) is 4.90 Å². The van der Waals surface area contributed by atoms with Crippen LogP contribution in [-0.4, -0.2) is 34.2 Å². The van der Waals surface area contributed by atoms with Crippen LogP contribution in [-0.2, 0) is 0 Å². The van der Waals surface area contributed by atoms with Gasteiger partial charge < -0.3 is 14.7 Å². The van der Waals surface area contributed by atoms with Gasteiger partial charge >= 0.3 is 6.03 Å². The molecule has 2 aromatic rings. The lowest BCUT2D eigenvalue weighted by atomic mass is 10.1. The molecule has 3 atom stereocenters. The maximum atomic E-state index is 13.3. The Labute approximate surface area is 145 Å². The van der Waals surface area contributed by atoms with E-state index in [9.17, 15) is 9.18 Å². The SMILES string of the molecule is C[C@@H](NC(=O)N1C[C@@H]2[C@H](C1)C2(C)C)c1nc(-c2cccc(F)c2)no1. The molecule has 0 spiro atoms. The molecule has 6 nitrogen and oxygen atoms in total. The molecule has 1 aliphatic heterocycles. The molecule has 2 fully saturated rings. The predicted molar refractivity (Wildman–Crippen MR) is 89.0 cm³/mol. The zero-order valence-corrected chi connectivity index (χ0v) is 14.5. The molecular formula is C18H21FN4O2. The topological polar surface area (TPSA) is 71.3 Å². The number of carbonyl (C=O) groups excluding carboxylic acids is 1. The van der Waals surface area contributed by atoms with E-state index in [1.165, 1.54) is 12.1 Å². The fourth-order valence-corrected chi connectivity index (χ4v) is 3.79. The third-order valence-electron chi connectivity index (χ3n) is 5.64. The van der Waals surface area contributed by atoms with Crippen LogP contribution in [0, 0.1) is 23.1 Å². The summed E-state index contributed by atoms with van der Waals surface area (Å²) in [5.41, 5.74) is 0.907. The fraction of sp³-hybridized carbons (Fsp3) is 0.500. The second kappa shape index (κ2) is 5.54. The Balaban J connectivity index is 1.39. The maximum Gasteiger partial charge on any atom is 0.318 e. The number of fused-ring (bicyclic) bond motifs is 1. The number of nitrogens with zero attached hydrogens (tertiary/aromatic N) is 3. The highest BCUT2D eigenvalue weighted by atomic mass is 19.1. The number of rotatable bonds is 3. The predicted octanol–water partition coefficient (Wildman–Crippen LogP) is 3.23. The zero-order chi connectivity index (χ0) is 17.8. The van der Waals surface area contributed by atoms with Crippen molar-refractivity contribution < 1.29 is 13.7 Å². The highest BCUT2D eigenvalue weighted by Crippen LogP contribution is 2.61. The summed E-state index contributed by atoms with van der Waals surface area (Å²) in [5.74, 6) is 1.46. The van der Waals surface area contributed by atoms with Crippen molar-refractivity contribution in [1.29, 1.82) is 0 Å². The van der Waals surface area contributed by atoms with Crippen LogP contribution in [0.15, 0.2) is 28.8 Å². The molecule has 7 heteroatoms. The number of piperidine rings is 1. The van der Waals surface area contributed by atoms with Crippen molar-refractivity contribution in [3.8, 4) is 11.4 Å². The molecule has 2 heterocycles. The fourth-order valence-electron chi connectivity index (χ4n) is 3.79. The molecule has 1 saturated heterocycles. The van der Waals surface area contributed by atoms with Gasteiger partial charge in [0.2, 0.25) is 11.7 Å². The molecule has 0 unspecified atom stereocenters. The highest BCUT2D eigenvalue weighted by molar-refractivity contribution is 5.75. The Kier molecular flexibility index (Phi) is 3.56. The van der Waals surface area contributed by atoms with Gasteiger partial charge in [0.05, 0.1) is 0 Å². The number of benzene rings is 1. The Hall–Kier alpha value is -2.44. The van der Waals surface area contributed by atoms with Gasteiger partial charge in [0.1, 0.15) is 11.9 Å². The zero-order valence-electron chi connectivity index (χ0n) is 14.5. The van der Waals surface area contributed by atoms with E-state index in [0.717, 1.165) is 13.1 Å². The summed E-state index contributed by atoms with van der Waals surface area (Å²) in [7, 11) is 0. The Bertz CT molecular complexity index is 805. The number of hydrogen-bond donors (Lipinski definition) is 1. The summed E-state index contributed by atoms with van der Waals surface area (Å²) in [6, 6.07) is 5.48. The van der Waals surface area contributed by atoms with Crippen LogP contribution in [0.1, 0.15) is 32.7 Å². The van der Waals surface area contributed by atoms with E-state index in [-0.39, 0.29) is 11.8 Å². The first kappa shape index (κ1) is 16.1. The number of likely N-dealkylation sites (tertiary alicyclic amines) is 1. The van der Waals surface area contributed by atoms with Gasteiger partial charge in [-0.05, 0) is 36.3 Å². The monoisotopic (exact) mass is 344 g/mol. The first-order valence-electron chi connectivity index (χ1n) is 8.51. The molecule has 1 saturated carbocycles. The van der Waals surface area contributed by atoms with Crippen LogP contribution in [0.2, 0.25) is 0 Å². The van der Waals surface area contributed by atoms with Crippen LogP contribution < -0.4 is 5.32 Å². The van der Waals surface area contributed by atoms with E-state index in [2.05, 4.69) is 29.3 Å². The third kappa shape index (κ3) is 2.77. The van der Waals surface area contributed by atoms with Gasteiger partial charge in [0, 0.05) is 18.7 Å². The first-order chi connectivity index (χ1) is 11.9. The van der Waals surface area contributed by atoms with Gasteiger partial charge in [-0.1, -0.05) is 31.1 Å². The average molecular weight is 344 g/mol. The Morgan fingerprint density at radius 1 is 1.40 bits per heavy atom. The average Bonchev–Trinajstić information content (AvgIpc) is 3.06. The van der Waals surface area contributed by atoms with E-state index in [0.29, 0.717) is 34.5 Å². The smallest absolute Gasteiger partial charge is 0.318 e. The number of hydrogen-bond acceptors (Lipinski definition) is 4. The summed E-state index contributed by atoms with van der Waals surface area (Å²) < 4.78 is 18.5. The summed E-state index contributed by atoms with van der Waals surface area (Å²) in [6.45, 7) is 7.91. The molecule has 1 aromatic heterocycles. The second-order valence-electron chi connectivity index (χ2n) is 7.58. The molecule has 0 bridgehead atoms. The van der Waals surface area contributed by atoms with E-state index < -0.39 is 6.04 Å². The van der Waals surface area contributed by atoms with Crippen molar-refractivity contribution in [2.75, 3.05) is 13.1 Å². The van der Waals surface area contributed by atoms with E-state index in [4.69, 9.17) is 4.52 Å². The number of amides is 2. The normalized spacial score (nSPS) is 24.7. The van der Waals surface area contributed by atoms with E-state index >= 15 is 0 Å². The quantitative estimate of drug-likeness (QED) is 0.928. The molecule has 0 radical (unpaired) electrons. The van der Waals surface area contributed by atoms with Crippen molar-refractivity contribution in [3.05, 3.63) is 36.0 Å². The lowest BCUT2D eigenvalue weighted by Gasteiger charge is -2.23. The molecule has 132 valence electrons. The molecule has 1 aliphatic carbocycles. The second-order valence-corrected chi connectivity index (χ2v) is 7.58. The van der Waals surface area contributed by atoms with Gasteiger partial charge in [0.25, 0.3) is 0 Å². The number of carbonyl (C=O) groups is 1. The Morgan fingerprint density at radius 2 is 2.12 bits per heavy atom. The summed E-state index contributed by atoms with van der Waals surface area (Å²) >= 11 is 0. The van der Waals surface area contributed by atoms with Gasteiger partial charge in [-0.3, -0.25) is 0 Å². The minimum Gasteiger partial charge on any atom is -0.337 e. The van der Waals surface area contributed by atoms with Crippen molar-refractivity contribution in [1.82, 2.24) is 20.4 Å². The maximum absolute atomic E-state index is 13.3. The third-order valence-corrected chi connectivity index (χ3v) is 5.64. The molecule has 1 N–H and O–H groups in total. The molecule has 4 rings (SSSR count). The van der Waals surface area contributed by atoms with Crippen LogP contribution in [0.3, 0.4) is 0 Å². The van der Waals surface area contributed by atoms with Gasteiger partial charge in [-0.25, -0.2) is 9.18 Å². The molecule has 2 aliphatic rings. The van der Waals surface area contributed by atoms with Crippen LogP contribution in [0.25, 0.3) is 11.4 Å². The minimum atomic E-state index is -0.410.